The van der Waals surface area contributed by atoms with Gasteiger partial charge in [0.2, 0.25) is 0 Å². The Morgan fingerprint density at radius 2 is 2.05 bits per heavy atom. The van der Waals surface area contributed by atoms with Crippen LogP contribution in [0.5, 0.6) is 0 Å². The van der Waals surface area contributed by atoms with Crippen molar-refractivity contribution in [2.75, 3.05) is 0 Å². The highest BCUT2D eigenvalue weighted by atomic mass is 16.6. The first-order valence-electron chi connectivity index (χ1n) is 7.21. The third-order valence-electron chi connectivity index (χ3n) is 5.16. The molecule has 0 amide bonds. The third-order valence-corrected chi connectivity index (χ3v) is 5.16. The van der Waals surface area contributed by atoms with Crippen LogP contribution < -0.4 is 0 Å². The van der Waals surface area contributed by atoms with Crippen molar-refractivity contribution in [3.8, 4) is 0 Å². The summed E-state index contributed by atoms with van der Waals surface area (Å²) in [6, 6.07) is 0. The van der Waals surface area contributed by atoms with Gasteiger partial charge in [0.05, 0.1) is 11.7 Å². The predicted molar refractivity (Wildman–Crippen MR) is 74.7 cm³/mol. The van der Waals surface area contributed by atoms with Crippen LogP contribution >= 0.6 is 0 Å². The molecular weight excluding hydrogens is 240 g/mol. The van der Waals surface area contributed by atoms with Gasteiger partial charge in [-0.1, -0.05) is 26.8 Å². The van der Waals surface area contributed by atoms with Crippen LogP contribution in [0.15, 0.2) is 12.2 Å². The van der Waals surface area contributed by atoms with E-state index in [2.05, 4.69) is 33.8 Å². The lowest BCUT2D eigenvalue weighted by Crippen LogP contribution is -2.44. The molecule has 0 unspecified atom stereocenters. The maximum Gasteiger partial charge on any atom is 0.303 e. The fourth-order valence-corrected chi connectivity index (χ4v) is 3.51. The van der Waals surface area contributed by atoms with E-state index < -0.39 is 0 Å². The molecule has 1 aliphatic heterocycles. The summed E-state index contributed by atoms with van der Waals surface area (Å²) < 4.78 is 11.1. The van der Waals surface area contributed by atoms with Gasteiger partial charge in [0.15, 0.2) is 0 Å². The van der Waals surface area contributed by atoms with E-state index in [1.54, 1.807) is 0 Å². The van der Waals surface area contributed by atoms with Crippen LogP contribution in [0.1, 0.15) is 48.0 Å². The molecule has 0 aromatic rings. The van der Waals surface area contributed by atoms with Gasteiger partial charge >= 0.3 is 5.97 Å². The average molecular weight is 266 g/mol. The first-order valence-corrected chi connectivity index (χ1v) is 7.21. The zero-order chi connectivity index (χ0) is 14.4. The Hall–Kier alpha value is -0.830. The Bertz CT molecular complexity index is 399. The highest BCUT2D eigenvalue weighted by Crippen LogP contribution is 2.60. The number of carbonyl (C=O) groups excluding carboxylic acids is 1. The van der Waals surface area contributed by atoms with E-state index in [1.165, 1.54) is 6.92 Å². The second-order valence-corrected chi connectivity index (χ2v) is 6.93. The first kappa shape index (κ1) is 14.6. The normalized spacial score (nSPS) is 41.7. The van der Waals surface area contributed by atoms with Gasteiger partial charge in [0.1, 0.15) is 6.10 Å². The van der Waals surface area contributed by atoms with E-state index in [9.17, 15) is 4.79 Å². The van der Waals surface area contributed by atoms with Gasteiger partial charge in [-0.25, -0.2) is 0 Å². The molecule has 2 fully saturated rings. The summed E-state index contributed by atoms with van der Waals surface area (Å²) in [6.45, 7) is 12.5. The molecule has 2 aliphatic rings. The molecule has 1 saturated carbocycles. The van der Waals surface area contributed by atoms with E-state index in [4.69, 9.17) is 9.47 Å². The van der Waals surface area contributed by atoms with E-state index in [0.717, 1.165) is 6.42 Å². The number of carbonyl (C=O) groups is 1. The summed E-state index contributed by atoms with van der Waals surface area (Å²) >= 11 is 0. The highest BCUT2D eigenvalue weighted by molar-refractivity contribution is 5.66. The van der Waals surface area contributed by atoms with Crippen molar-refractivity contribution in [1.29, 1.82) is 0 Å². The van der Waals surface area contributed by atoms with Crippen LogP contribution in [0.4, 0.5) is 0 Å². The number of rotatable bonds is 3. The molecule has 2 rings (SSSR count). The number of epoxide rings is 1. The molecule has 1 saturated heterocycles. The minimum absolute atomic E-state index is 0.0253. The van der Waals surface area contributed by atoms with E-state index in [0.29, 0.717) is 17.9 Å². The van der Waals surface area contributed by atoms with Crippen LogP contribution in [-0.4, -0.2) is 23.8 Å². The van der Waals surface area contributed by atoms with Crippen LogP contribution in [-0.2, 0) is 14.3 Å². The van der Waals surface area contributed by atoms with Crippen molar-refractivity contribution in [3.63, 3.8) is 0 Å². The van der Waals surface area contributed by atoms with E-state index in [1.807, 2.05) is 13.0 Å². The van der Waals surface area contributed by atoms with Crippen molar-refractivity contribution in [3.05, 3.63) is 12.2 Å². The molecule has 0 spiro atoms. The quantitative estimate of drug-likeness (QED) is 0.447. The first-order chi connectivity index (χ1) is 8.68. The molecule has 1 aliphatic carbocycles. The van der Waals surface area contributed by atoms with Crippen molar-refractivity contribution < 1.29 is 14.3 Å². The lowest BCUT2D eigenvalue weighted by Gasteiger charge is -2.43. The van der Waals surface area contributed by atoms with Gasteiger partial charge in [0.25, 0.3) is 0 Å². The lowest BCUT2D eigenvalue weighted by atomic mass is 9.59. The monoisotopic (exact) mass is 266 g/mol. The number of esters is 1. The molecule has 1 heterocycles. The molecule has 0 bridgehead atoms. The molecule has 0 aromatic carbocycles. The molecule has 0 N–H and O–H groups in total. The number of fused-ring (bicyclic) bond motifs is 1. The van der Waals surface area contributed by atoms with Crippen molar-refractivity contribution in [2.24, 2.45) is 17.3 Å². The van der Waals surface area contributed by atoms with Gasteiger partial charge in [0, 0.05) is 12.8 Å². The topological polar surface area (TPSA) is 38.8 Å². The van der Waals surface area contributed by atoms with Crippen LogP contribution in [0.3, 0.4) is 0 Å². The lowest BCUT2D eigenvalue weighted by molar-refractivity contribution is -0.143. The second kappa shape index (κ2) is 4.62. The Morgan fingerprint density at radius 3 is 2.63 bits per heavy atom. The van der Waals surface area contributed by atoms with Crippen LogP contribution in [0, 0.1) is 17.3 Å². The standard InChI is InChI=1S/C16H26O3/c1-10-9-14-16(6,19-14)13(15(10,4)5)8-7-11(2)18-12(3)17/h7-8,10-11,13-14H,9H2,1-6H3/t10-,11+,13-,14-,16+/m0/s1. The molecule has 3 nitrogen and oxygen atoms in total. The SMILES string of the molecule is CC(=O)O[C@H](C)C=C[C@H]1C(C)(C)[C@@H](C)C[C@@H]2O[C@@]21C. The summed E-state index contributed by atoms with van der Waals surface area (Å²) in [5, 5.41) is 0. The minimum Gasteiger partial charge on any atom is -0.459 e. The zero-order valence-corrected chi connectivity index (χ0v) is 12.9. The number of hydrogen-bond acceptors (Lipinski definition) is 3. The molecule has 108 valence electrons. The summed E-state index contributed by atoms with van der Waals surface area (Å²) in [7, 11) is 0. The fraction of sp³-hybridized carbons (Fsp3) is 0.812. The minimum atomic E-state index is -0.236. The summed E-state index contributed by atoms with van der Waals surface area (Å²) in [5.41, 5.74) is 0.177. The fourth-order valence-electron chi connectivity index (χ4n) is 3.51. The highest BCUT2D eigenvalue weighted by Gasteiger charge is 2.65. The Kier molecular flexibility index (Phi) is 3.54. The molecule has 19 heavy (non-hydrogen) atoms. The summed E-state index contributed by atoms with van der Waals surface area (Å²) in [6.07, 6.45) is 5.56. The molecule has 0 radical (unpaired) electrons. The van der Waals surface area contributed by atoms with Gasteiger partial charge in [-0.3, -0.25) is 4.79 Å². The Morgan fingerprint density at radius 1 is 1.42 bits per heavy atom. The zero-order valence-electron chi connectivity index (χ0n) is 12.9. The molecule has 3 heteroatoms. The summed E-state index contributed by atoms with van der Waals surface area (Å²) in [4.78, 5) is 10.9. The number of hydrogen-bond donors (Lipinski definition) is 0. The maximum atomic E-state index is 10.9. The van der Waals surface area contributed by atoms with Crippen molar-refractivity contribution in [1.82, 2.24) is 0 Å². The van der Waals surface area contributed by atoms with Crippen LogP contribution in [0.25, 0.3) is 0 Å². The predicted octanol–water partition coefficient (Wildman–Crippen LogP) is 3.33. The third kappa shape index (κ3) is 2.58. The van der Waals surface area contributed by atoms with E-state index in [-0.39, 0.29) is 23.1 Å². The second-order valence-electron chi connectivity index (χ2n) is 6.93. The maximum absolute atomic E-state index is 10.9. The Labute approximate surface area is 116 Å². The van der Waals surface area contributed by atoms with E-state index >= 15 is 0 Å². The average Bonchev–Trinajstić information content (AvgIpc) is 2.87. The summed E-state index contributed by atoms with van der Waals surface area (Å²) in [5.74, 6) is 0.763. The molecule has 5 atom stereocenters. The van der Waals surface area contributed by atoms with Gasteiger partial charge in [-0.2, -0.15) is 0 Å². The largest absolute Gasteiger partial charge is 0.459 e. The molecule has 0 aromatic heterocycles. The van der Waals surface area contributed by atoms with Crippen molar-refractivity contribution >= 4 is 5.97 Å². The number of ether oxygens (including phenoxy) is 2. The Balaban J connectivity index is 2.12. The van der Waals surface area contributed by atoms with Crippen LogP contribution in [0.2, 0.25) is 0 Å². The van der Waals surface area contributed by atoms with Gasteiger partial charge in [-0.05, 0) is 37.7 Å². The van der Waals surface area contributed by atoms with Gasteiger partial charge in [-0.15, -0.1) is 0 Å². The molecular formula is C16H26O3. The van der Waals surface area contributed by atoms with Crippen molar-refractivity contribution in [2.45, 2.75) is 65.8 Å². The smallest absolute Gasteiger partial charge is 0.303 e. The van der Waals surface area contributed by atoms with Gasteiger partial charge < -0.3 is 9.47 Å².